The van der Waals surface area contributed by atoms with Gasteiger partial charge in [0.25, 0.3) is 0 Å². The SMILES string of the molecule is Cc1c2c(c(CN)c3c1OC(C)C3)OC(C)C2. The lowest BCUT2D eigenvalue weighted by Crippen LogP contribution is -2.09. The lowest BCUT2D eigenvalue weighted by Gasteiger charge is -2.14. The molecule has 0 spiro atoms. The molecule has 0 amide bonds. The lowest BCUT2D eigenvalue weighted by atomic mass is 9.94. The van der Waals surface area contributed by atoms with Crippen LogP contribution in [0.25, 0.3) is 0 Å². The van der Waals surface area contributed by atoms with E-state index in [1.807, 2.05) is 0 Å². The van der Waals surface area contributed by atoms with E-state index in [1.165, 1.54) is 16.7 Å². The van der Waals surface area contributed by atoms with Gasteiger partial charge in [-0.05, 0) is 26.3 Å². The molecule has 3 rings (SSSR count). The van der Waals surface area contributed by atoms with Crippen molar-refractivity contribution < 1.29 is 9.47 Å². The highest BCUT2D eigenvalue weighted by Gasteiger charge is 2.33. The summed E-state index contributed by atoms with van der Waals surface area (Å²) in [6.07, 6.45) is 2.44. The van der Waals surface area contributed by atoms with Crippen molar-refractivity contribution in [2.24, 2.45) is 5.73 Å². The molecule has 0 aliphatic carbocycles. The van der Waals surface area contributed by atoms with Gasteiger partial charge in [-0.15, -0.1) is 0 Å². The number of nitrogens with two attached hydrogens (primary N) is 1. The van der Waals surface area contributed by atoms with Gasteiger partial charge in [-0.2, -0.15) is 0 Å². The van der Waals surface area contributed by atoms with Crippen LogP contribution in [0.5, 0.6) is 11.5 Å². The van der Waals surface area contributed by atoms with Crippen molar-refractivity contribution >= 4 is 0 Å². The summed E-state index contributed by atoms with van der Waals surface area (Å²) in [4.78, 5) is 0. The van der Waals surface area contributed by atoms with Gasteiger partial charge in [-0.1, -0.05) is 0 Å². The summed E-state index contributed by atoms with van der Waals surface area (Å²) < 4.78 is 11.9. The zero-order valence-electron chi connectivity index (χ0n) is 10.7. The predicted molar refractivity (Wildman–Crippen MR) is 66.7 cm³/mol. The number of fused-ring (bicyclic) bond motifs is 2. The highest BCUT2D eigenvalue weighted by molar-refractivity contribution is 5.62. The van der Waals surface area contributed by atoms with Crippen molar-refractivity contribution in [1.82, 2.24) is 0 Å². The van der Waals surface area contributed by atoms with Crippen molar-refractivity contribution in [3.05, 3.63) is 22.3 Å². The molecule has 0 saturated heterocycles. The standard InChI is InChI=1S/C14H19NO2/c1-7-4-10-9(3)13-11(5-8(2)16-13)12(6-15)14(10)17-7/h7-8H,4-6,15H2,1-3H3. The second-order valence-electron chi connectivity index (χ2n) is 5.19. The molecule has 0 radical (unpaired) electrons. The average molecular weight is 233 g/mol. The van der Waals surface area contributed by atoms with Gasteiger partial charge in [-0.3, -0.25) is 0 Å². The Bertz CT molecular complexity index is 443. The molecule has 2 aliphatic heterocycles. The highest BCUT2D eigenvalue weighted by Crippen LogP contribution is 2.46. The Balaban J connectivity index is 2.23. The summed E-state index contributed by atoms with van der Waals surface area (Å²) in [6.45, 7) is 6.88. The molecular weight excluding hydrogens is 214 g/mol. The van der Waals surface area contributed by atoms with Gasteiger partial charge in [0, 0.05) is 36.1 Å². The molecule has 2 atom stereocenters. The molecule has 3 heteroatoms. The fraction of sp³-hybridized carbons (Fsp3) is 0.571. The van der Waals surface area contributed by atoms with Crippen LogP contribution in [0.4, 0.5) is 0 Å². The van der Waals surface area contributed by atoms with Crippen molar-refractivity contribution in [2.75, 3.05) is 0 Å². The summed E-state index contributed by atoms with van der Waals surface area (Å²) in [7, 11) is 0. The largest absolute Gasteiger partial charge is 0.490 e. The number of hydrogen-bond donors (Lipinski definition) is 1. The van der Waals surface area contributed by atoms with E-state index in [-0.39, 0.29) is 12.2 Å². The Kier molecular flexibility index (Phi) is 2.33. The predicted octanol–water partition coefficient (Wildman–Crippen LogP) is 2.10. The molecule has 3 nitrogen and oxygen atoms in total. The average Bonchev–Trinajstić information content (AvgIpc) is 2.83. The van der Waals surface area contributed by atoms with E-state index in [0.29, 0.717) is 6.54 Å². The molecule has 2 N–H and O–H groups in total. The van der Waals surface area contributed by atoms with Crippen LogP contribution in [-0.4, -0.2) is 12.2 Å². The molecule has 0 saturated carbocycles. The van der Waals surface area contributed by atoms with E-state index in [4.69, 9.17) is 15.2 Å². The minimum atomic E-state index is 0.258. The topological polar surface area (TPSA) is 44.5 Å². The smallest absolute Gasteiger partial charge is 0.128 e. The van der Waals surface area contributed by atoms with Gasteiger partial charge in [0.05, 0.1) is 0 Å². The maximum atomic E-state index is 5.93. The monoisotopic (exact) mass is 233 g/mol. The Morgan fingerprint density at radius 2 is 1.65 bits per heavy atom. The molecule has 92 valence electrons. The minimum Gasteiger partial charge on any atom is -0.490 e. The van der Waals surface area contributed by atoms with Crippen LogP contribution in [0.3, 0.4) is 0 Å². The zero-order valence-corrected chi connectivity index (χ0v) is 10.7. The fourth-order valence-electron chi connectivity index (χ4n) is 3.03. The molecule has 0 fully saturated rings. The molecular formula is C14H19NO2. The zero-order chi connectivity index (χ0) is 12.2. The first-order valence-electron chi connectivity index (χ1n) is 6.32. The van der Waals surface area contributed by atoms with E-state index in [2.05, 4.69) is 20.8 Å². The number of hydrogen-bond acceptors (Lipinski definition) is 3. The molecule has 1 aromatic carbocycles. The van der Waals surface area contributed by atoms with Crippen molar-refractivity contribution in [2.45, 2.75) is 52.4 Å². The third kappa shape index (κ3) is 1.45. The van der Waals surface area contributed by atoms with Crippen LogP contribution in [0.1, 0.15) is 36.1 Å². The Hall–Kier alpha value is -1.22. The van der Waals surface area contributed by atoms with E-state index in [9.17, 15) is 0 Å². The third-order valence-electron chi connectivity index (χ3n) is 3.81. The van der Waals surface area contributed by atoms with E-state index < -0.39 is 0 Å². The second kappa shape index (κ2) is 3.64. The first-order chi connectivity index (χ1) is 8.11. The van der Waals surface area contributed by atoms with E-state index in [0.717, 1.165) is 29.9 Å². The molecule has 2 heterocycles. The summed E-state index contributed by atoms with van der Waals surface area (Å²) >= 11 is 0. The van der Waals surface area contributed by atoms with Crippen LogP contribution >= 0.6 is 0 Å². The van der Waals surface area contributed by atoms with Gasteiger partial charge in [0.15, 0.2) is 0 Å². The van der Waals surface area contributed by atoms with Crippen molar-refractivity contribution in [3.8, 4) is 11.5 Å². The second-order valence-corrected chi connectivity index (χ2v) is 5.19. The van der Waals surface area contributed by atoms with Gasteiger partial charge in [-0.25, -0.2) is 0 Å². The maximum Gasteiger partial charge on any atom is 0.128 e. The van der Waals surface area contributed by atoms with Crippen LogP contribution in [0.2, 0.25) is 0 Å². The first-order valence-corrected chi connectivity index (χ1v) is 6.32. The summed E-state index contributed by atoms with van der Waals surface area (Å²) in [5.41, 5.74) is 10.9. The van der Waals surface area contributed by atoms with Gasteiger partial charge < -0.3 is 15.2 Å². The van der Waals surface area contributed by atoms with E-state index in [1.54, 1.807) is 0 Å². The summed E-state index contributed by atoms with van der Waals surface area (Å²) in [6, 6.07) is 0. The van der Waals surface area contributed by atoms with Crippen LogP contribution in [-0.2, 0) is 19.4 Å². The summed E-state index contributed by atoms with van der Waals surface area (Å²) in [5, 5.41) is 0. The number of rotatable bonds is 1. The molecule has 1 aromatic rings. The number of benzene rings is 1. The van der Waals surface area contributed by atoms with Crippen LogP contribution in [0, 0.1) is 6.92 Å². The van der Waals surface area contributed by atoms with Gasteiger partial charge in [0.1, 0.15) is 23.7 Å². The first kappa shape index (κ1) is 10.9. The third-order valence-corrected chi connectivity index (χ3v) is 3.81. The van der Waals surface area contributed by atoms with Crippen LogP contribution in [0.15, 0.2) is 0 Å². The highest BCUT2D eigenvalue weighted by atomic mass is 16.5. The van der Waals surface area contributed by atoms with E-state index >= 15 is 0 Å². The lowest BCUT2D eigenvalue weighted by molar-refractivity contribution is 0.251. The molecule has 2 unspecified atom stereocenters. The summed E-state index contributed by atoms with van der Waals surface area (Å²) in [5.74, 6) is 2.10. The Morgan fingerprint density at radius 3 is 2.29 bits per heavy atom. The fourth-order valence-corrected chi connectivity index (χ4v) is 3.03. The van der Waals surface area contributed by atoms with Crippen molar-refractivity contribution in [3.63, 3.8) is 0 Å². The quantitative estimate of drug-likeness (QED) is 0.808. The minimum absolute atomic E-state index is 0.258. The van der Waals surface area contributed by atoms with Gasteiger partial charge in [0.2, 0.25) is 0 Å². The number of ether oxygens (including phenoxy) is 2. The molecule has 17 heavy (non-hydrogen) atoms. The molecule has 2 aliphatic rings. The normalized spacial score (nSPS) is 25.2. The van der Waals surface area contributed by atoms with Crippen LogP contribution < -0.4 is 15.2 Å². The van der Waals surface area contributed by atoms with Crippen molar-refractivity contribution in [1.29, 1.82) is 0 Å². The Labute approximate surface area is 102 Å². The Morgan fingerprint density at radius 1 is 1.06 bits per heavy atom. The molecule has 0 bridgehead atoms. The van der Waals surface area contributed by atoms with Gasteiger partial charge >= 0.3 is 0 Å². The maximum absolute atomic E-state index is 5.93. The molecule has 0 aromatic heterocycles.